The van der Waals surface area contributed by atoms with Crippen LogP contribution in [-0.2, 0) is 0 Å². The Balaban J connectivity index is 2.45. The maximum absolute atomic E-state index is 13.1. The zero-order valence-corrected chi connectivity index (χ0v) is 9.27. The van der Waals surface area contributed by atoms with Crippen LogP contribution in [0.15, 0.2) is 18.2 Å². The van der Waals surface area contributed by atoms with E-state index in [2.05, 4.69) is 9.36 Å². The van der Waals surface area contributed by atoms with Crippen LogP contribution in [0.1, 0.15) is 0 Å². The van der Waals surface area contributed by atoms with Crippen molar-refractivity contribution in [1.82, 2.24) is 9.36 Å². The Bertz CT molecular complexity index is 489. The molecule has 0 amide bonds. The summed E-state index contributed by atoms with van der Waals surface area (Å²) in [4.78, 5) is 3.98. The quantitative estimate of drug-likeness (QED) is 0.815. The molecule has 0 fully saturated rings. The molecule has 1 aromatic heterocycles. The number of ether oxygens (including phenoxy) is 1. The molecule has 0 aliphatic rings. The van der Waals surface area contributed by atoms with Gasteiger partial charge < -0.3 is 4.74 Å². The molecule has 0 N–H and O–H groups in total. The molecule has 78 valence electrons. The number of halogens is 2. The highest BCUT2D eigenvalue weighted by molar-refractivity contribution is 7.10. The van der Waals surface area contributed by atoms with Crippen LogP contribution >= 0.6 is 23.1 Å². The minimum absolute atomic E-state index is 0.165. The zero-order valence-electron chi connectivity index (χ0n) is 7.70. The van der Waals surface area contributed by atoms with Gasteiger partial charge in [0.25, 0.3) is 0 Å². The SMILES string of the molecule is COc1cc(-c2nsc(Cl)n2)ccc1F. The molecule has 0 spiro atoms. The highest BCUT2D eigenvalue weighted by atomic mass is 35.5. The van der Waals surface area contributed by atoms with E-state index in [1.807, 2.05) is 0 Å². The molecule has 6 heteroatoms. The molecular formula is C9H6ClFN2OS. The van der Waals surface area contributed by atoms with Crippen LogP contribution in [0.2, 0.25) is 4.47 Å². The van der Waals surface area contributed by atoms with Crippen molar-refractivity contribution < 1.29 is 9.13 Å². The van der Waals surface area contributed by atoms with Gasteiger partial charge in [-0.2, -0.15) is 4.37 Å². The van der Waals surface area contributed by atoms with Gasteiger partial charge in [-0.25, -0.2) is 9.37 Å². The number of nitrogens with zero attached hydrogens (tertiary/aromatic N) is 2. The summed E-state index contributed by atoms with van der Waals surface area (Å²) in [5.74, 6) is 0.226. The number of aromatic nitrogens is 2. The van der Waals surface area contributed by atoms with Gasteiger partial charge in [-0.15, -0.1) is 0 Å². The normalized spacial score (nSPS) is 10.3. The summed E-state index contributed by atoms with van der Waals surface area (Å²) in [7, 11) is 1.41. The lowest BCUT2D eigenvalue weighted by Gasteiger charge is -2.02. The van der Waals surface area contributed by atoms with Crippen LogP contribution in [0.25, 0.3) is 11.4 Å². The topological polar surface area (TPSA) is 35.0 Å². The Morgan fingerprint density at radius 1 is 1.47 bits per heavy atom. The van der Waals surface area contributed by atoms with E-state index in [0.717, 1.165) is 11.5 Å². The van der Waals surface area contributed by atoms with Gasteiger partial charge in [-0.05, 0) is 41.3 Å². The predicted molar refractivity (Wildman–Crippen MR) is 56.9 cm³/mol. The molecule has 1 aromatic carbocycles. The summed E-state index contributed by atoms with van der Waals surface area (Å²) in [6.45, 7) is 0. The van der Waals surface area contributed by atoms with Crippen LogP contribution < -0.4 is 4.74 Å². The van der Waals surface area contributed by atoms with Crippen LogP contribution in [0.5, 0.6) is 5.75 Å². The minimum atomic E-state index is -0.414. The van der Waals surface area contributed by atoms with Crippen molar-refractivity contribution in [2.45, 2.75) is 0 Å². The van der Waals surface area contributed by atoms with Crippen LogP contribution in [0.4, 0.5) is 4.39 Å². The van der Waals surface area contributed by atoms with Crippen LogP contribution in [-0.4, -0.2) is 16.5 Å². The first-order valence-electron chi connectivity index (χ1n) is 4.04. The third-order valence-electron chi connectivity index (χ3n) is 1.81. The highest BCUT2D eigenvalue weighted by Crippen LogP contribution is 2.26. The molecule has 1 heterocycles. The molecule has 2 rings (SSSR count). The number of benzene rings is 1. The maximum atomic E-state index is 13.1. The van der Waals surface area contributed by atoms with E-state index in [4.69, 9.17) is 16.3 Å². The molecule has 0 saturated heterocycles. The molecular weight excluding hydrogens is 239 g/mol. The van der Waals surface area contributed by atoms with Gasteiger partial charge >= 0.3 is 0 Å². The Morgan fingerprint density at radius 2 is 2.27 bits per heavy atom. The molecule has 0 bridgehead atoms. The van der Waals surface area contributed by atoms with Gasteiger partial charge in [0.1, 0.15) is 0 Å². The molecule has 0 radical (unpaired) electrons. The fourth-order valence-electron chi connectivity index (χ4n) is 1.12. The lowest BCUT2D eigenvalue weighted by Crippen LogP contribution is -1.89. The number of hydrogen-bond donors (Lipinski definition) is 0. The number of rotatable bonds is 2. The second kappa shape index (κ2) is 4.12. The molecule has 0 atom stereocenters. The van der Waals surface area contributed by atoms with Gasteiger partial charge in [-0.1, -0.05) is 0 Å². The van der Waals surface area contributed by atoms with Crippen molar-refractivity contribution >= 4 is 23.1 Å². The van der Waals surface area contributed by atoms with E-state index in [-0.39, 0.29) is 5.75 Å². The summed E-state index contributed by atoms with van der Waals surface area (Å²) < 4.78 is 22.3. The van der Waals surface area contributed by atoms with Gasteiger partial charge in [-0.3, -0.25) is 0 Å². The van der Waals surface area contributed by atoms with E-state index in [1.165, 1.54) is 19.2 Å². The summed E-state index contributed by atoms with van der Waals surface area (Å²) in [5.41, 5.74) is 0.677. The van der Waals surface area contributed by atoms with Crippen molar-refractivity contribution in [1.29, 1.82) is 0 Å². The molecule has 0 unspecified atom stereocenters. The lowest BCUT2D eigenvalue weighted by molar-refractivity contribution is 0.387. The first-order chi connectivity index (χ1) is 7.20. The van der Waals surface area contributed by atoms with Crippen molar-refractivity contribution in [3.63, 3.8) is 0 Å². The molecule has 0 saturated carbocycles. The number of methoxy groups -OCH3 is 1. The van der Waals surface area contributed by atoms with Gasteiger partial charge in [0.2, 0.25) is 4.47 Å². The second-order valence-corrected chi connectivity index (χ2v) is 4.05. The summed E-state index contributed by atoms with van der Waals surface area (Å²) in [5, 5.41) is 0. The van der Waals surface area contributed by atoms with Crippen LogP contribution in [0, 0.1) is 5.82 Å². The first-order valence-corrected chi connectivity index (χ1v) is 5.19. The number of hydrogen-bond acceptors (Lipinski definition) is 4. The standard InChI is InChI=1S/C9H6ClFN2OS/c1-14-7-4-5(2-3-6(7)11)8-12-9(10)15-13-8/h2-4H,1H3. The molecule has 2 aromatic rings. The Hall–Kier alpha value is -1.20. The smallest absolute Gasteiger partial charge is 0.203 e. The van der Waals surface area contributed by atoms with Crippen molar-refractivity contribution in [2.24, 2.45) is 0 Å². The first kappa shape index (κ1) is 10.3. The predicted octanol–water partition coefficient (Wildman–Crippen LogP) is 3.01. The monoisotopic (exact) mass is 244 g/mol. The molecule has 15 heavy (non-hydrogen) atoms. The highest BCUT2D eigenvalue weighted by Gasteiger charge is 2.09. The lowest BCUT2D eigenvalue weighted by atomic mass is 10.2. The van der Waals surface area contributed by atoms with Gasteiger partial charge in [0.05, 0.1) is 7.11 Å². The largest absolute Gasteiger partial charge is 0.494 e. The molecule has 0 aliphatic heterocycles. The van der Waals surface area contributed by atoms with E-state index in [1.54, 1.807) is 6.07 Å². The van der Waals surface area contributed by atoms with E-state index in [0.29, 0.717) is 15.9 Å². The average molecular weight is 245 g/mol. The third kappa shape index (κ3) is 2.08. The van der Waals surface area contributed by atoms with Crippen molar-refractivity contribution in [3.8, 4) is 17.1 Å². The second-order valence-electron chi connectivity index (χ2n) is 2.72. The zero-order chi connectivity index (χ0) is 10.8. The third-order valence-corrected chi connectivity index (χ3v) is 2.61. The van der Waals surface area contributed by atoms with Gasteiger partial charge in [0.15, 0.2) is 17.4 Å². The fourth-order valence-corrected chi connectivity index (χ4v) is 1.74. The van der Waals surface area contributed by atoms with E-state index < -0.39 is 5.82 Å². The van der Waals surface area contributed by atoms with Crippen molar-refractivity contribution in [2.75, 3.05) is 7.11 Å². The summed E-state index contributed by atoms with van der Waals surface area (Å²) in [6.07, 6.45) is 0. The average Bonchev–Trinajstić information content (AvgIpc) is 2.66. The Morgan fingerprint density at radius 3 is 2.87 bits per heavy atom. The van der Waals surface area contributed by atoms with Crippen molar-refractivity contribution in [3.05, 3.63) is 28.5 Å². The Kier molecular flexibility index (Phi) is 2.83. The Labute approximate surface area is 94.7 Å². The minimum Gasteiger partial charge on any atom is -0.494 e. The molecule has 3 nitrogen and oxygen atoms in total. The summed E-state index contributed by atoms with van der Waals surface area (Å²) >= 11 is 6.74. The molecule has 0 aliphatic carbocycles. The summed E-state index contributed by atoms with van der Waals surface area (Å²) in [6, 6.07) is 4.42. The fraction of sp³-hybridized carbons (Fsp3) is 0.111. The van der Waals surface area contributed by atoms with E-state index >= 15 is 0 Å². The maximum Gasteiger partial charge on any atom is 0.203 e. The van der Waals surface area contributed by atoms with Gasteiger partial charge in [0, 0.05) is 5.56 Å². The van der Waals surface area contributed by atoms with E-state index in [9.17, 15) is 4.39 Å². The van der Waals surface area contributed by atoms with Crippen LogP contribution in [0.3, 0.4) is 0 Å².